The zero-order chi connectivity index (χ0) is 24.9. The molecule has 0 bridgehead atoms. The van der Waals surface area contributed by atoms with E-state index in [-0.39, 0.29) is 17.2 Å². The average molecular weight is 490 g/mol. The molecule has 0 saturated heterocycles. The number of hydrogen-bond acceptors (Lipinski definition) is 6. The third kappa shape index (κ3) is 5.33. The maximum absolute atomic E-state index is 13.6. The molecular formula is C27H27N3O4S. The van der Waals surface area contributed by atoms with E-state index >= 15 is 0 Å². The Labute approximate surface area is 208 Å². The molecule has 0 radical (unpaired) electrons. The fourth-order valence-corrected chi connectivity index (χ4v) is 4.49. The molecule has 1 N–H and O–H groups in total. The van der Waals surface area contributed by atoms with Gasteiger partial charge in [0.05, 0.1) is 36.6 Å². The smallest absolute Gasteiger partial charge is 0.266 e. The van der Waals surface area contributed by atoms with Gasteiger partial charge in [0, 0.05) is 11.8 Å². The Kier molecular flexibility index (Phi) is 7.41. The van der Waals surface area contributed by atoms with Crippen LogP contribution in [0.2, 0.25) is 0 Å². The largest absolute Gasteiger partial charge is 0.493 e. The Morgan fingerprint density at radius 1 is 1.00 bits per heavy atom. The molecule has 0 fully saturated rings. The highest BCUT2D eigenvalue weighted by Gasteiger charge is 2.17. The first-order valence-electron chi connectivity index (χ1n) is 11.2. The van der Waals surface area contributed by atoms with Crippen LogP contribution in [0.5, 0.6) is 11.5 Å². The van der Waals surface area contributed by atoms with Gasteiger partial charge < -0.3 is 14.8 Å². The van der Waals surface area contributed by atoms with Gasteiger partial charge in [0.15, 0.2) is 16.7 Å². The third-order valence-corrected chi connectivity index (χ3v) is 6.49. The van der Waals surface area contributed by atoms with Crippen LogP contribution in [0.1, 0.15) is 25.3 Å². The number of carbonyl (C=O) groups excluding carboxylic acids is 1. The number of methoxy groups -OCH3 is 2. The Balaban J connectivity index is 1.67. The van der Waals surface area contributed by atoms with Crippen LogP contribution in [0.15, 0.2) is 76.7 Å². The lowest BCUT2D eigenvalue weighted by atomic mass is 10.0. The van der Waals surface area contributed by atoms with E-state index in [0.29, 0.717) is 39.2 Å². The number of hydrogen-bond donors (Lipinski definition) is 1. The van der Waals surface area contributed by atoms with Gasteiger partial charge in [0.2, 0.25) is 5.91 Å². The number of para-hydroxylation sites is 1. The van der Waals surface area contributed by atoms with Gasteiger partial charge in [-0.2, -0.15) is 0 Å². The number of ether oxygens (including phenoxy) is 2. The minimum atomic E-state index is -0.255. The summed E-state index contributed by atoms with van der Waals surface area (Å²) in [7, 11) is 3.05. The lowest BCUT2D eigenvalue weighted by molar-refractivity contribution is -0.113. The van der Waals surface area contributed by atoms with Gasteiger partial charge in [0.25, 0.3) is 5.56 Å². The van der Waals surface area contributed by atoms with Gasteiger partial charge >= 0.3 is 0 Å². The number of carbonyl (C=O) groups is 1. The van der Waals surface area contributed by atoms with E-state index in [2.05, 4.69) is 19.2 Å². The van der Waals surface area contributed by atoms with Crippen molar-refractivity contribution in [3.05, 3.63) is 82.6 Å². The molecule has 1 aromatic heterocycles. The van der Waals surface area contributed by atoms with Crippen LogP contribution in [0.4, 0.5) is 5.69 Å². The number of thioether (sulfide) groups is 1. The number of rotatable bonds is 8. The van der Waals surface area contributed by atoms with Crippen LogP contribution < -0.4 is 20.3 Å². The molecule has 0 atom stereocenters. The molecule has 0 aliphatic rings. The van der Waals surface area contributed by atoms with Crippen molar-refractivity contribution < 1.29 is 14.3 Å². The highest BCUT2D eigenvalue weighted by molar-refractivity contribution is 7.99. The normalized spacial score (nSPS) is 11.0. The van der Waals surface area contributed by atoms with Crippen LogP contribution in [0, 0.1) is 0 Å². The molecule has 0 aliphatic heterocycles. The van der Waals surface area contributed by atoms with Crippen molar-refractivity contribution in [2.24, 2.45) is 0 Å². The standard InChI is InChI=1S/C27H27N3O4S/c1-17(2)18-10-12-19(13-11-18)28-25(31)16-35-27-29-22-15-24(34-4)23(33-3)14-21(22)26(32)30(27)20-8-6-5-7-9-20/h5-15,17H,16H2,1-4H3,(H,28,31). The van der Waals surface area contributed by atoms with Gasteiger partial charge in [-0.15, -0.1) is 0 Å². The van der Waals surface area contributed by atoms with Gasteiger partial charge in [-0.25, -0.2) is 4.98 Å². The molecule has 1 heterocycles. The lowest BCUT2D eigenvalue weighted by Crippen LogP contribution is -2.23. The summed E-state index contributed by atoms with van der Waals surface area (Å²) in [6.45, 7) is 4.25. The first-order chi connectivity index (χ1) is 16.9. The first-order valence-corrected chi connectivity index (χ1v) is 12.2. The molecular weight excluding hydrogens is 462 g/mol. The quantitative estimate of drug-likeness (QED) is 0.269. The number of amides is 1. The molecule has 8 heteroatoms. The van der Waals surface area contributed by atoms with Crippen LogP contribution in [-0.4, -0.2) is 35.4 Å². The lowest BCUT2D eigenvalue weighted by Gasteiger charge is -2.15. The van der Waals surface area contributed by atoms with Crippen LogP contribution in [0.25, 0.3) is 16.6 Å². The van der Waals surface area contributed by atoms with Gasteiger partial charge in [-0.1, -0.05) is 55.9 Å². The number of nitrogens with one attached hydrogen (secondary N) is 1. The molecule has 0 unspecified atom stereocenters. The average Bonchev–Trinajstić information content (AvgIpc) is 2.87. The Morgan fingerprint density at radius 2 is 1.66 bits per heavy atom. The maximum atomic E-state index is 13.6. The van der Waals surface area contributed by atoms with E-state index in [1.54, 1.807) is 12.1 Å². The topological polar surface area (TPSA) is 82.5 Å². The van der Waals surface area contributed by atoms with Crippen LogP contribution in [-0.2, 0) is 4.79 Å². The van der Waals surface area contributed by atoms with Gasteiger partial charge in [-0.3, -0.25) is 14.2 Å². The zero-order valence-corrected chi connectivity index (χ0v) is 20.9. The fourth-order valence-electron chi connectivity index (χ4n) is 3.67. The highest BCUT2D eigenvalue weighted by Crippen LogP contribution is 2.31. The summed E-state index contributed by atoms with van der Waals surface area (Å²) in [5.41, 5.74) is 2.80. The number of fused-ring (bicyclic) bond motifs is 1. The molecule has 0 aliphatic carbocycles. The second-order valence-corrected chi connectivity index (χ2v) is 9.15. The second kappa shape index (κ2) is 10.7. The summed E-state index contributed by atoms with van der Waals surface area (Å²) < 4.78 is 12.3. The van der Waals surface area contributed by atoms with Crippen molar-refractivity contribution in [3.63, 3.8) is 0 Å². The minimum Gasteiger partial charge on any atom is -0.493 e. The third-order valence-electron chi connectivity index (χ3n) is 5.55. The predicted octanol–water partition coefficient (Wildman–Crippen LogP) is 5.26. The van der Waals surface area contributed by atoms with Crippen molar-refractivity contribution in [1.82, 2.24) is 9.55 Å². The summed E-state index contributed by atoms with van der Waals surface area (Å²) >= 11 is 1.20. The summed E-state index contributed by atoms with van der Waals surface area (Å²) in [6, 6.07) is 20.3. The molecule has 35 heavy (non-hydrogen) atoms. The SMILES string of the molecule is COc1cc2nc(SCC(=O)Nc3ccc(C(C)C)cc3)n(-c3ccccc3)c(=O)c2cc1OC. The van der Waals surface area contributed by atoms with E-state index in [1.807, 2.05) is 54.6 Å². The predicted molar refractivity (Wildman–Crippen MR) is 140 cm³/mol. The molecule has 180 valence electrons. The second-order valence-electron chi connectivity index (χ2n) is 8.21. The van der Waals surface area contributed by atoms with E-state index in [9.17, 15) is 9.59 Å². The molecule has 4 aromatic rings. The molecule has 0 saturated carbocycles. The maximum Gasteiger partial charge on any atom is 0.266 e. The van der Waals surface area contributed by atoms with Crippen LogP contribution in [0.3, 0.4) is 0 Å². The molecule has 0 spiro atoms. The van der Waals surface area contributed by atoms with Gasteiger partial charge in [0.1, 0.15) is 0 Å². The van der Waals surface area contributed by atoms with Gasteiger partial charge in [-0.05, 0) is 41.8 Å². The monoisotopic (exact) mass is 489 g/mol. The Morgan fingerprint density at radius 3 is 2.29 bits per heavy atom. The summed E-state index contributed by atoms with van der Waals surface area (Å²) in [6.07, 6.45) is 0. The van der Waals surface area contributed by atoms with Crippen molar-refractivity contribution >= 4 is 34.3 Å². The molecule has 4 rings (SSSR count). The molecule has 3 aromatic carbocycles. The zero-order valence-electron chi connectivity index (χ0n) is 20.1. The van der Waals surface area contributed by atoms with E-state index < -0.39 is 0 Å². The van der Waals surface area contributed by atoms with E-state index in [1.165, 1.54) is 36.1 Å². The number of aromatic nitrogens is 2. The fraction of sp³-hybridized carbons (Fsp3) is 0.222. The number of nitrogens with zero attached hydrogens (tertiary/aromatic N) is 2. The molecule has 1 amide bonds. The van der Waals surface area contributed by atoms with Crippen molar-refractivity contribution in [2.75, 3.05) is 25.3 Å². The van der Waals surface area contributed by atoms with E-state index in [4.69, 9.17) is 14.5 Å². The van der Waals surface area contributed by atoms with E-state index in [0.717, 1.165) is 5.69 Å². The summed E-state index contributed by atoms with van der Waals surface area (Å²) in [4.78, 5) is 31.0. The minimum absolute atomic E-state index is 0.0873. The van der Waals surface area contributed by atoms with Crippen molar-refractivity contribution in [1.29, 1.82) is 0 Å². The molecule has 7 nitrogen and oxygen atoms in total. The number of benzene rings is 3. The van der Waals surface area contributed by atoms with Crippen molar-refractivity contribution in [3.8, 4) is 17.2 Å². The summed E-state index contributed by atoms with van der Waals surface area (Å²) in [5, 5.41) is 3.71. The highest BCUT2D eigenvalue weighted by atomic mass is 32.2. The van der Waals surface area contributed by atoms with Crippen molar-refractivity contribution in [2.45, 2.75) is 24.9 Å². The number of anilines is 1. The van der Waals surface area contributed by atoms with Crippen LogP contribution >= 0.6 is 11.8 Å². The Hall–Kier alpha value is -3.78. The first kappa shape index (κ1) is 24.3. The Bertz CT molecular complexity index is 1400. The summed E-state index contributed by atoms with van der Waals surface area (Å²) in [5.74, 6) is 1.24.